The summed E-state index contributed by atoms with van der Waals surface area (Å²) in [5.41, 5.74) is 0.825. The molecule has 0 bridgehead atoms. The van der Waals surface area contributed by atoms with Crippen molar-refractivity contribution in [1.82, 2.24) is 15.5 Å². The molecular formula is C23H25N3O5. The number of para-hydroxylation sites is 1. The fourth-order valence-corrected chi connectivity index (χ4v) is 3.22. The van der Waals surface area contributed by atoms with E-state index in [-0.39, 0.29) is 61.0 Å². The summed E-state index contributed by atoms with van der Waals surface area (Å²) in [7, 11) is 0. The normalized spacial score (nSPS) is 12.7. The molecule has 1 aliphatic heterocycles. The number of imide groups is 1. The summed E-state index contributed by atoms with van der Waals surface area (Å²) in [6, 6.07) is 13.4. The van der Waals surface area contributed by atoms with E-state index in [4.69, 9.17) is 4.74 Å². The van der Waals surface area contributed by atoms with Gasteiger partial charge in [0.1, 0.15) is 5.75 Å². The number of rotatable bonds is 9. The zero-order valence-corrected chi connectivity index (χ0v) is 17.5. The van der Waals surface area contributed by atoms with E-state index in [1.807, 2.05) is 30.3 Å². The van der Waals surface area contributed by atoms with Crippen molar-refractivity contribution < 1.29 is 23.9 Å². The first-order valence-electron chi connectivity index (χ1n) is 10.1. The molecular weight excluding hydrogens is 398 g/mol. The maximum atomic E-state index is 12.5. The van der Waals surface area contributed by atoms with Gasteiger partial charge in [-0.2, -0.15) is 0 Å². The van der Waals surface area contributed by atoms with E-state index >= 15 is 0 Å². The van der Waals surface area contributed by atoms with Gasteiger partial charge >= 0.3 is 0 Å². The maximum Gasteiger partial charge on any atom is 0.261 e. The molecule has 4 amide bonds. The number of hydrogen-bond acceptors (Lipinski definition) is 5. The van der Waals surface area contributed by atoms with Crippen LogP contribution in [0.5, 0.6) is 5.75 Å². The summed E-state index contributed by atoms with van der Waals surface area (Å²) in [6.45, 7) is 4.28. The molecule has 0 unspecified atom stereocenters. The Morgan fingerprint density at radius 1 is 0.935 bits per heavy atom. The van der Waals surface area contributed by atoms with Crippen molar-refractivity contribution in [1.29, 1.82) is 0 Å². The molecule has 31 heavy (non-hydrogen) atoms. The van der Waals surface area contributed by atoms with Gasteiger partial charge in [0.05, 0.1) is 24.2 Å². The molecule has 2 aromatic carbocycles. The number of fused-ring (bicyclic) bond motifs is 1. The topological polar surface area (TPSA) is 105 Å². The average molecular weight is 423 g/mol. The van der Waals surface area contributed by atoms with E-state index in [9.17, 15) is 19.2 Å². The molecule has 0 spiro atoms. The zero-order chi connectivity index (χ0) is 22.4. The Labute approximate surface area is 180 Å². The highest BCUT2D eigenvalue weighted by molar-refractivity contribution is 6.22. The van der Waals surface area contributed by atoms with Crippen LogP contribution in [0.2, 0.25) is 0 Å². The summed E-state index contributed by atoms with van der Waals surface area (Å²) < 4.78 is 5.47. The predicted octanol–water partition coefficient (Wildman–Crippen LogP) is 2.01. The van der Waals surface area contributed by atoms with Gasteiger partial charge in [-0.25, -0.2) is 0 Å². The largest absolute Gasteiger partial charge is 0.493 e. The highest BCUT2D eigenvalue weighted by Gasteiger charge is 2.37. The number of nitrogens with one attached hydrogen (secondary N) is 2. The van der Waals surface area contributed by atoms with Crippen LogP contribution < -0.4 is 15.4 Å². The van der Waals surface area contributed by atoms with Crippen molar-refractivity contribution in [2.24, 2.45) is 0 Å². The van der Waals surface area contributed by atoms with Crippen LogP contribution in [0.25, 0.3) is 0 Å². The third kappa shape index (κ3) is 5.28. The summed E-state index contributed by atoms with van der Waals surface area (Å²) in [5, 5.41) is 5.40. The predicted molar refractivity (Wildman–Crippen MR) is 114 cm³/mol. The van der Waals surface area contributed by atoms with Crippen LogP contribution in [0.4, 0.5) is 0 Å². The third-order valence-corrected chi connectivity index (χ3v) is 4.77. The lowest BCUT2D eigenvalue weighted by Crippen LogP contribution is -2.36. The molecule has 0 radical (unpaired) electrons. The lowest BCUT2D eigenvalue weighted by Gasteiger charge is -2.17. The molecule has 1 aliphatic rings. The minimum atomic E-state index is -0.394. The monoisotopic (exact) mass is 423 g/mol. The van der Waals surface area contributed by atoms with E-state index < -0.39 is 5.91 Å². The van der Waals surface area contributed by atoms with Crippen molar-refractivity contribution in [2.75, 3.05) is 19.7 Å². The van der Waals surface area contributed by atoms with Gasteiger partial charge in [0, 0.05) is 24.7 Å². The highest BCUT2D eigenvalue weighted by Crippen LogP contribution is 2.25. The Hall–Kier alpha value is -3.68. The summed E-state index contributed by atoms with van der Waals surface area (Å²) >= 11 is 0. The molecule has 0 saturated heterocycles. The van der Waals surface area contributed by atoms with Gasteiger partial charge in [-0.1, -0.05) is 18.2 Å². The molecule has 2 N–H and O–H groups in total. The van der Waals surface area contributed by atoms with Crippen LogP contribution in [-0.2, 0) is 4.79 Å². The van der Waals surface area contributed by atoms with E-state index in [2.05, 4.69) is 10.6 Å². The van der Waals surface area contributed by atoms with Crippen LogP contribution >= 0.6 is 0 Å². The number of ether oxygens (including phenoxy) is 1. The van der Waals surface area contributed by atoms with E-state index in [1.54, 1.807) is 13.8 Å². The van der Waals surface area contributed by atoms with Crippen LogP contribution in [-0.4, -0.2) is 54.3 Å². The Kier molecular flexibility index (Phi) is 7.02. The van der Waals surface area contributed by atoms with Crippen LogP contribution in [0.3, 0.4) is 0 Å². The van der Waals surface area contributed by atoms with Crippen molar-refractivity contribution in [3.05, 3.63) is 65.2 Å². The van der Waals surface area contributed by atoms with Crippen LogP contribution in [0.15, 0.2) is 48.5 Å². The number of amides is 4. The molecule has 0 atom stereocenters. The Morgan fingerprint density at radius 3 is 2.32 bits per heavy atom. The maximum absolute atomic E-state index is 12.5. The van der Waals surface area contributed by atoms with Crippen LogP contribution in [0, 0.1) is 0 Å². The number of carbonyl (C=O) groups excluding carboxylic acids is 4. The lowest BCUT2D eigenvalue weighted by molar-refractivity contribution is -0.121. The van der Waals surface area contributed by atoms with Gasteiger partial charge in [0.2, 0.25) is 5.91 Å². The van der Waals surface area contributed by atoms with E-state index in [0.717, 1.165) is 0 Å². The van der Waals surface area contributed by atoms with Crippen molar-refractivity contribution in [3.8, 4) is 5.75 Å². The van der Waals surface area contributed by atoms with Crippen molar-refractivity contribution >= 4 is 23.6 Å². The first kappa shape index (κ1) is 22.0. The van der Waals surface area contributed by atoms with Crippen LogP contribution in [0.1, 0.15) is 51.3 Å². The molecule has 0 aromatic heterocycles. The summed E-state index contributed by atoms with van der Waals surface area (Å²) in [6.07, 6.45) is 0.205. The van der Waals surface area contributed by atoms with Gasteiger partial charge < -0.3 is 15.4 Å². The SMILES string of the molecule is CC(C)N1C(=O)c2ccc(C(=O)NCCNC(=O)CCOc3ccccc3)cc2C1=O. The number of carbonyl (C=O) groups is 4. The molecule has 0 aliphatic carbocycles. The van der Waals surface area contributed by atoms with Gasteiger partial charge in [-0.3, -0.25) is 24.1 Å². The van der Waals surface area contributed by atoms with E-state index in [0.29, 0.717) is 11.3 Å². The Morgan fingerprint density at radius 2 is 1.61 bits per heavy atom. The third-order valence-electron chi connectivity index (χ3n) is 4.77. The lowest BCUT2D eigenvalue weighted by atomic mass is 10.1. The molecule has 2 aromatic rings. The summed E-state index contributed by atoms with van der Waals surface area (Å²) in [5.74, 6) is -0.600. The first-order chi connectivity index (χ1) is 14.9. The number of hydrogen-bond donors (Lipinski definition) is 2. The quantitative estimate of drug-likeness (QED) is 0.474. The minimum absolute atomic E-state index is 0.180. The van der Waals surface area contributed by atoms with Gasteiger partial charge in [0.15, 0.2) is 0 Å². The second kappa shape index (κ2) is 9.88. The minimum Gasteiger partial charge on any atom is -0.493 e. The Balaban J connectivity index is 1.42. The zero-order valence-electron chi connectivity index (χ0n) is 17.5. The van der Waals surface area contributed by atoms with E-state index in [1.165, 1.54) is 23.1 Å². The van der Waals surface area contributed by atoms with Gasteiger partial charge in [0.25, 0.3) is 17.7 Å². The van der Waals surface area contributed by atoms with Crippen molar-refractivity contribution in [2.45, 2.75) is 26.3 Å². The smallest absolute Gasteiger partial charge is 0.261 e. The average Bonchev–Trinajstić information content (AvgIpc) is 3.01. The second-order valence-electron chi connectivity index (χ2n) is 7.35. The van der Waals surface area contributed by atoms with Crippen molar-refractivity contribution in [3.63, 3.8) is 0 Å². The molecule has 0 fully saturated rings. The summed E-state index contributed by atoms with van der Waals surface area (Å²) in [4.78, 5) is 50.2. The molecule has 162 valence electrons. The fraction of sp³-hybridized carbons (Fsp3) is 0.304. The molecule has 3 rings (SSSR count). The first-order valence-corrected chi connectivity index (χ1v) is 10.1. The fourth-order valence-electron chi connectivity index (χ4n) is 3.22. The number of nitrogens with zero attached hydrogens (tertiary/aromatic N) is 1. The second-order valence-corrected chi connectivity index (χ2v) is 7.35. The molecule has 0 saturated carbocycles. The molecule has 8 heteroatoms. The Bertz CT molecular complexity index is 988. The van der Waals surface area contributed by atoms with Gasteiger partial charge in [-0.15, -0.1) is 0 Å². The highest BCUT2D eigenvalue weighted by atomic mass is 16.5. The molecule has 1 heterocycles. The molecule has 8 nitrogen and oxygen atoms in total. The number of benzene rings is 2. The standard InChI is InChI=1S/C23H25N3O5/c1-15(2)26-22(29)18-9-8-16(14-19(18)23(26)30)21(28)25-12-11-24-20(27)10-13-31-17-6-4-3-5-7-17/h3-9,14-15H,10-13H2,1-2H3,(H,24,27)(H,25,28). The van der Waals surface area contributed by atoms with Gasteiger partial charge in [-0.05, 0) is 44.2 Å².